The number of hydrogen-bond acceptors (Lipinski definition) is 5. The molecular formula is C14H18O6. The number of carbonyl (C=O) groups excluding carboxylic acids is 1. The Kier molecular flexibility index (Phi) is 5.83. The Bertz CT molecular complexity index is 469. The molecule has 0 aromatic heterocycles. The lowest BCUT2D eigenvalue weighted by atomic mass is 10.0. The van der Waals surface area contributed by atoms with E-state index in [1.165, 1.54) is 21.3 Å². The fourth-order valence-corrected chi connectivity index (χ4v) is 1.81. The van der Waals surface area contributed by atoms with Crippen molar-refractivity contribution >= 4 is 11.8 Å². The van der Waals surface area contributed by atoms with Crippen LogP contribution in [0.1, 0.15) is 29.6 Å². The highest BCUT2D eigenvalue weighted by Crippen LogP contribution is 2.35. The predicted octanol–water partition coefficient (Wildman–Crippen LogP) is 2.15. The molecule has 6 heteroatoms. The highest BCUT2D eigenvalue weighted by Gasteiger charge is 2.20. The Morgan fingerprint density at radius 2 is 1.55 bits per heavy atom. The smallest absolute Gasteiger partial charge is 0.303 e. The maximum atomic E-state index is 12.2. The first-order chi connectivity index (χ1) is 9.53. The third-order valence-electron chi connectivity index (χ3n) is 2.79. The molecular weight excluding hydrogens is 264 g/mol. The number of carbonyl (C=O) groups is 2. The third-order valence-corrected chi connectivity index (χ3v) is 2.79. The zero-order chi connectivity index (χ0) is 15.1. The Labute approximate surface area is 117 Å². The lowest BCUT2D eigenvalue weighted by molar-refractivity contribution is -0.137. The first kappa shape index (κ1) is 15.8. The van der Waals surface area contributed by atoms with E-state index in [4.69, 9.17) is 19.3 Å². The summed E-state index contributed by atoms with van der Waals surface area (Å²) in [6, 6.07) is 3.18. The second-order valence-corrected chi connectivity index (χ2v) is 4.08. The summed E-state index contributed by atoms with van der Waals surface area (Å²) < 4.78 is 15.5. The van der Waals surface area contributed by atoms with Crippen molar-refractivity contribution in [3.8, 4) is 17.2 Å². The van der Waals surface area contributed by atoms with Gasteiger partial charge in [0.15, 0.2) is 5.78 Å². The summed E-state index contributed by atoms with van der Waals surface area (Å²) in [7, 11) is 4.40. The molecule has 20 heavy (non-hydrogen) atoms. The minimum absolute atomic E-state index is 0.0491. The maximum absolute atomic E-state index is 12.2. The van der Waals surface area contributed by atoms with Gasteiger partial charge in [-0.15, -0.1) is 0 Å². The number of hydrogen-bond donors (Lipinski definition) is 1. The highest BCUT2D eigenvalue weighted by atomic mass is 16.5. The molecule has 0 aliphatic heterocycles. The lowest BCUT2D eigenvalue weighted by Crippen LogP contribution is -2.07. The molecule has 1 N–H and O–H groups in total. The van der Waals surface area contributed by atoms with Crippen molar-refractivity contribution in [2.45, 2.75) is 19.3 Å². The van der Waals surface area contributed by atoms with Gasteiger partial charge in [0.2, 0.25) is 0 Å². The zero-order valence-corrected chi connectivity index (χ0v) is 11.8. The van der Waals surface area contributed by atoms with Crippen LogP contribution < -0.4 is 14.2 Å². The summed E-state index contributed by atoms with van der Waals surface area (Å²) in [4.78, 5) is 22.7. The van der Waals surface area contributed by atoms with Gasteiger partial charge in [-0.2, -0.15) is 0 Å². The van der Waals surface area contributed by atoms with Crippen LogP contribution in [0.4, 0.5) is 0 Å². The largest absolute Gasteiger partial charge is 0.496 e. The first-order valence-electron chi connectivity index (χ1n) is 6.08. The number of aliphatic carboxylic acids is 1. The molecule has 6 nitrogen and oxygen atoms in total. The fraction of sp³-hybridized carbons (Fsp3) is 0.429. The van der Waals surface area contributed by atoms with E-state index in [-0.39, 0.29) is 25.0 Å². The van der Waals surface area contributed by atoms with Crippen molar-refractivity contribution in [1.29, 1.82) is 0 Å². The van der Waals surface area contributed by atoms with Crippen LogP contribution in [0.25, 0.3) is 0 Å². The summed E-state index contributed by atoms with van der Waals surface area (Å²) in [5.41, 5.74) is 0.307. The summed E-state index contributed by atoms with van der Waals surface area (Å²) in [5, 5.41) is 8.59. The topological polar surface area (TPSA) is 82.1 Å². The van der Waals surface area contributed by atoms with Crippen molar-refractivity contribution in [2.75, 3.05) is 21.3 Å². The molecule has 0 saturated heterocycles. The molecule has 0 atom stereocenters. The third kappa shape index (κ3) is 3.88. The monoisotopic (exact) mass is 282 g/mol. The fourth-order valence-electron chi connectivity index (χ4n) is 1.81. The van der Waals surface area contributed by atoms with Crippen LogP contribution in [0.5, 0.6) is 17.2 Å². The van der Waals surface area contributed by atoms with Gasteiger partial charge in [0.05, 0.1) is 21.3 Å². The van der Waals surface area contributed by atoms with Gasteiger partial charge in [0, 0.05) is 25.0 Å². The number of Topliss-reactive ketones (excluding diaryl/α,β-unsaturated/α-hetero) is 1. The van der Waals surface area contributed by atoms with E-state index in [0.29, 0.717) is 22.8 Å². The van der Waals surface area contributed by atoms with Gasteiger partial charge >= 0.3 is 5.97 Å². The second-order valence-electron chi connectivity index (χ2n) is 4.08. The predicted molar refractivity (Wildman–Crippen MR) is 71.9 cm³/mol. The molecule has 0 unspecified atom stereocenters. The lowest BCUT2D eigenvalue weighted by Gasteiger charge is -2.14. The Hall–Kier alpha value is -2.24. The van der Waals surface area contributed by atoms with Gasteiger partial charge < -0.3 is 19.3 Å². The molecule has 0 saturated carbocycles. The number of rotatable bonds is 8. The van der Waals surface area contributed by atoms with E-state index < -0.39 is 5.97 Å². The average molecular weight is 282 g/mol. The molecule has 1 aromatic rings. The molecule has 0 spiro atoms. The average Bonchev–Trinajstić information content (AvgIpc) is 2.44. The van der Waals surface area contributed by atoms with Crippen molar-refractivity contribution in [1.82, 2.24) is 0 Å². The molecule has 110 valence electrons. The van der Waals surface area contributed by atoms with Crippen molar-refractivity contribution < 1.29 is 28.9 Å². The van der Waals surface area contributed by atoms with Gasteiger partial charge in [-0.05, 0) is 6.42 Å². The normalized spacial score (nSPS) is 9.95. The summed E-state index contributed by atoms with van der Waals surface area (Å²) in [5.74, 6) is 0.0675. The summed E-state index contributed by atoms with van der Waals surface area (Å²) >= 11 is 0. The molecule has 0 bridgehead atoms. The number of carboxylic acid groups (broad SMARTS) is 1. The first-order valence-corrected chi connectivity index (χ1v) is 6.08. The number of carboxylic acids is 1. The Balaban J connectivity index is 3.02. The van der Waals surface area contributed by atoms with Crippen LogP contribution in [-0.4, -0.2) is 38.2 Å². The van der Waals surface area contributed by atoms with E-state index in [1.54, 1.807) is 12.1 Å². The quantitative estimate of drug-likeness (QED) is 0.736. The van der Waals surface area contributed by atoms with E-state index in [2.05, 4.69) is 0 Å². The number of ether oxygens (including phenoxy) is 3. The van der Waals surface area contributed by atoms with Crippen LogP contribution >= 0.6 is 0 Å². The molecule has 0 fully saturated rings. The second kappa shape index (κ2) is 7.37. The van der Waals surface area contributed by atoms with Gasteiger partial charge in [-0.25, -0.2) is 0 Å². The van der Waals surface area contributed by atoms with Crippen LogP contribution in [-0.2, 0) is 4.79 Å². The number of benzene rings is 1. The summed E-state index contributed by atoms with van der Waals surface area (Å²) in [6.07, 6.45) is 0.338. The standard InChI is InChI=1S/C14H18O6/c1-18-9-7-11(19-2)14(12(8-9)20-3)10(15)5-4-6-13(16)17/h7-8H,4-6H2,1-3H3,(H,16,17). The van der Waals surface area contributed by atoms with Crippen LogP contribution in [0.2, 0.25) is 0 Å². The maximum Gasteiger partial charge on any atom is 0.303 e. The van der Waals surface area contributed by atoms with Crippen LogP contribution in [0, 0.1) is 0 Å². The molecule has 0 heterocycles. The zero-order valence-electron chi connectivity index (χ0n) is 11.8. The minimum Gasteiger partial charge on any atom is -0.496 e. The van der Waals surface area contributed by atoms with E-state index >= 15 is 0 Å². The molecule has 1 rings (SSSR count). The highest BCUT2D eigenvalue weighted by molar-refractivity contribution is 6.01. The van der Waals surface area contributed by atoms with Crippen molar-refractivity contribution in [2.24, 2.45) is 0 Å². The number of ketones is 1. The van der Waals surface area contributed by atoms with Crippen molar-refractivity contribution in [3.05, 3.63) is 17.7 Å². The van der Waals surface area contributed by atoms with Crippen LogP contribution in [0.3, 0.4) is 0 Å². The van der Waals surface area contributed by atoms with E-state index in [9.17, 15) is 9.59 Å². The van der Waals surface area contributed by atoms with Gasteiger partial charge in [-0.3, -0.25) is 9.59 Å². The van der Waals surface area contributed by atoms with Crippen LogP contribution in [0.15, 0.2) is 12.1 Å². The molecule has 0 amide bonds. The molecule has 0 aliphatic carbocycles. The molecule has 1 aromatic carbocycles. The Morgan fingerprint density at radius 1 is 1.00 bits per heavy atom. The van der Waals surface area contributed by atoms with Gasteiger partial charge in [-0.1, -0.05) is 0 Å². The van der Waals surface area contributed by atoms with Crippen molar-refractivity contribution in [3.63, 3.8) is 0 Å². The molecule has 0 radical (unpaired) electrons. The minimum atomic E-state index is -0.925. The Morgan fingerprint density at radius 3 is 1.95 bits per heavy atom. The van der Waals surface area contributed by atoms with E-state index in [0.717, 1.165) is 0 Å². The van der Waals surface area contributed by atoms with Gasteiger partial charge in [0.25, 0.3) is 0 Å². The summed E-state index contributed by atoms with van der Waals surface area (Å²) in [6.45, 7) is 0. The molecule has 0 aliphatic rings. The van der Waals surface area contributed by atoms with E-state index in [1.807, 2.05) is 0 Å². The van der Waals surface area contributed by atoms with Gasteiger partial charge in [0.1, 0.15) is 22.8 Å². The number of methoxy groups -OCH3 is 3. The SMILES string of the molecule is COc1cc(OC)c(C(=O)CCCC(=O)O)c(OC)c1.